The van der Waals surface area contributed by atoms with Gasteiger partial charge in [0.15, 0.2) is 0 Å². The maximum Gasteiger partial charge on any atom is 0.389 e. The second kappa shape index (κ2) is 5.87. The summed E-state index contributed by atoms with van der Waals surface area (Å²) in [5.41, 5.74) is 5.58. The van der Waals surface area contributed by atoms with E-state index >= 15 is 0 Å². The quantitative estimate of drug-likeness (QED) is 0.797. The second-order valence-electron chi connectivity index (χ2n) is 4.74. The first-order valence-corrected chi connectivity index (χ1v) is 5.93. The molecule has 1 saturated heterocycles. The van der Waals surface area contributed by atoms with E-state index in [2.05, 4.69) is 4.90 Å². The summed E-state index contributed by atoms with van der Waals surface area (Å²) in [6, 6.07) is 0.249. The SMILES string of the molecule is CC(CCCC(F)(F)F)N1CCC(CN)C1. The van der Waals surface area contributed by atoms with Gasteiger partial charge in [0, 0.05) is 19.0 Å². The predicted octanol–water partition coefficient (Wildman–Crippen LogP) is 2.39. The maximum absolute atomic E-state index is 12.0. The predicted molar refractivity (Wildman–Crippen MR) is 58.1 cm³/mol. The molecule has 2 nitrogen and oxygen atoms in total. The first kappa shape index (κ1) is 13.8. The topological polar surface area (TPSA) is 29.3 Å². The monoisotopic (exact) mass is 238 g/mol. The van der Waals surface area contributed by atoms with Gasteiger partial charge in [-0.15, -0.1) is 0 Å². The van der Waals surface area contributed by atoms with Crippen LogP contribution in [0.25, 0.3) is 0 Å². The molecule has 1 aliphatic heterocycles. The van der Waals surface area contributed by atoms with Crippen molar-refractivity contribution in [2.45, 2.75) is 44.8 Å². The lowest BCUT2D eigenvalue weighted by Crippen LogP contribution is -2.32. The molecule has 0 radical (unpaired) electrons. The fraction of sp³-hybridized carbons (Fsp3) is 1.00. The lowest BCUT2D eigenvalue weighted by molar-refractivity contribution is -0.136. The van der Waals surface area contributed by atoms with Crippen LogP contribution < -0.4 is 5.73 Å². The van der Waals surface area contributed by atoms with E-state index in [0.29, 0.717) is 18.9 Å². The minimum absolute atomic E-state index is 0.231. The Balaban J connectivity index is 2.18. The molecular weight excluding hydrogens is 217 g/mol. The van der Waals surface area contributed by atoms with E-state index in [4.69, 9.17) is 5.73 Å². The third-order valence-electron chi connectivity index (χ3n) is 3.36. The summed E-state index contributed by atoms with van der Waals surface area (Å²) in [4.78, 5) is 2.26. The van der Waals surface area contributed by atoms with Gasteiger partial charge in [0.2, 0.25) is 0 Å². The van der Waals surface area contributed by atoms with Gasteiger partial charge in [0.05, 0.1) is 0 Å². The summed E-state index contributed by atoms with van der Waals surface area (Å²) in [6.45, 7) is 4.62. The Labute approximate surface area is 95.0 Å². The molecule has 1 rings (SSSR count). The molecule has 1 heterocycles. The van der Waals surface area contributed by atoms with E-state index in [1.807, 2.05) is 6.92 Å². The first-order valence-electron chi connectivity index (χ1n) is 5.93. The van der Waals surface area contributed by atoms with E-state index in [-0.39, 0.29) is 12.5 Å². The van der Waals surface area contributed by atoms with E-state index in [9.17, 15) is 13.2 Å². The van der Waals surface area contributed by atoms with Crippen LogP contribution in [-0.4, -0.2) is 36.8 Å². The Morgan fingerprint density at radius 1 is 1.44 bits per heavy atom. The Bertz CT molecular complexity index is 206. The third-order valence-corrected chi connectivity index (χ3v) is 3.36. The summed E-state index contributed by atoms with van der Waals surface area (Å²) in [5, 5.41) is 0. The summed E-state index contributed by atoms with van der Waals surface area (Å²) < 4.78 is 35.9. The van der Waals surface area contributed by atoms with Crippen molar-refractivity contribution >= 4 is 0 Å². The van der Waals surface area contributed by atoms with Crippen LogP contribution in [0, 0.1) is 5.92 Å². The van der Waals surface area contributed by atoms with Gasteiger partial charge in [-0.05, 0) is 45.2 Å². The third kappa shape index (κ3) is 4.70. The largest absolute Gasteiger partial charge is 0.389 e. The summed E-state index contributed by atoms with van der Waals surface area (Å²) in [7, 11) is 0. The minimum atomic E-state index is -4.01. The van der Waals surface area contributed by atoms with E-state index in [0.717, 1.165) is 19.5 Å². The van der Waals surface area contributed by atoms with E-state index < -0.39 is 12.6 Å². The molecule has 96 valence electrons. The van der Waals surface area contributed by atoms with Crippen LogP contribution in [0.15, 0.2) is 0 Å². The smallest absolute Gasteiger partial charge is 0.330 e. The van der Waals surface area contributed by atoms with Crippen molar-refractivity contribution in [2.24, 2.45) is 11.7 Å². The molecule has 2 unspecified atom stereocenters. The normalized spacial score (nSPS) is 24.9. The fourth-order valence-corrected chi connectivity index (χ4v) is 2.24. The average molecular weight is 238 g/mol. The summed E-state index contributed by atoms with van der Waals surface area (Å²) in [6.07, 6.45) is -2.73. The Morgan fingerprint density at radius 2 is 2.12 bits per heavy atom. The maximum atomic E-state index is 12.0. The van der Waals surface area contributed by atoms with Crippen molar-refractivity contribution in [3.05, 3.63) is 0 Å². The molecule has 2 N–H and O–H groups in total. The number of nitrogens with two attached hydrogens (primary N) is 1. The highest BCUT2D eigenvalue weighted by molar-refractivity contribution is 4.79. The molecule has 0 saturated carbocycles. The molecular formula is C11H21F3N2. The fourth-order valence-electron chi connectivity index (χ4n) is 2.24. The number of alkyl halides is 3. The molecule has 1 aliphatic rings. The summed E-state index contributed by atoms with van der Waals surface area (Å²) in [5.74, 6) is 0.532. The lowest BCUT2D eigenvalue weighted by atomic mass is 10.1. The Morgan fingerprint density at radius 3 is 2.62 bits per heavy atom. The van der Waals surface area contributed by atoms with Crippen LogP contribution in [-0.2, 0) is 0 Å². The summed E-state index contributed by atoms with van der Waals surface area (Å²) >= 11 is 0. The number of likely N-dealkylation sites (tertiary alicyclic amines) is 1. The number of nitrogens with zero attached hydrogens (tertiary/aromatic N) is 1. The Kier molecular flexibility index (Phi) is 5.05. The van der Waals surface area contributed by atoms with Gasteiger partial charge in [-0.3, -0.25) is 0 Å². The first-order chi connectivity index (χ1) is 7.42. The minimum Gasteiger partial charge on any atom is -0.330 e. The average Bonchev–Trinajstić information content (AvgIpc) is 2.63. The van der Waals surface area contributed by atoms with Gasteiger partial charge in [0.25, 0.3) is 0 Å². The van der Waals surface area contributed by atoms with Crippen molar-refractivity contribution in [3.63, 3.8) is 0 Å². The van der Waals surface area contributed by atoms with Crippen molar-refractivity contribution in [3.8, 4) is 0 Å². The van der Waals surface area contributed by atoms with E-state index in [1.165, 1.54) is 0 Å². The number of rotatable bonds is 5. The zero-order valence-electron chi connectivity index (χ0n) is 9.76. The number of hydrogen-bond acceptors (Lipinski definition) is 2. The number of halogens is 3. The molecule has 0 bridgehead atoms. The van der Waals surface area contributed by atoms with Crippen LogP contribution in [0.2, 0.25) is 0 Å². The van der Waals surface area contributed by atoms with Crippen LogP contribution in [0.4, 0.5) is 13.2 Å². The zero-order valence-corrected chi connectivity index (χ0v) is 9.76. The Hall–Kier alpha value is -0.290. The highest BCUT2D eigenvalue weighted by atomic mass is 19.4. The van der Waals surface area contributed by atoms with Crippen LogP contribution in [0.3, 0.4) is 0 Å². The molecule has 0 aromatic carbocycles. The molecule has 0 spiro atoms. The molecule has 2 atom stereocenters. The molecule has 0 amide bonds. The van der Waals surface area contributed by atoms with Gasteiger partial charge in [-0.1, -0.05) is 0 Å². The van der Waals surface area contributed by atoms with Crippen LogP contribution in [0.1, 0.15) is 32.6 Å². The second-order valence-corrected chi connectivity index (χ2v) is 4.74. The van der Waals surface area contributed by atoms with Crippen LogP contribution >= 0.6 is 0 Å². The van der Waals surface area contributed by atoms with E-state index in [1.54, 1.807) is 0 Å². The highest BCUT2D eigenvalue weighted by Crippen LogP contribution is 2.25. The molecule has 5 heteroatoms. The molecule has 0 aromatic heterocycles. The van der Waals surface area contributed by atoms with Gasteiger partial charge in [0.1, 0.15) is 0 Å². The number of hydrogen-bond donors (Lipinski definition) is 1. The molecule has 16 heavy (non-hydrogen) atoms. The van der Waals surface area contributed by atoms with Crippen molar-refractivity contribution < 1.29 is 13.2 Å². The van der Waals surface area contributed by atoms with Crippen molar-refractivity contribution in [2.75, 3.05) is 19.6 Å². The molecule has 0 aromatic rings. The highest BCUT2D eigenvalue weighted by Gasteiger charge is 2.28. The zero-order chi connectivity index (χ0) is 12.2. The van der Waals surface area contributed by atoms with Crippen LogP contribution in [0.5, 0.6) is 0 Å². The van der Waals surface area contributed by atoms with Gasteiger partial charge in [-0.25, -0.2) is 0 Å². The molecule has 0 aliphatic carbocycles. The van der Waals surface area contributed by atoms with Crippen molar-refractivity contribution in [1.29, 1.82) is 0 Å². The van der Waals surface area contributed by atoms with Gasteiger partial charge < -0.3 is 10.6 Å². The van der Waals surface area contributed by atoms with Crippen molar-refractivity contribution in [1.82, 2.24) is 4.90 Å². The van der Waals surface area contributed by atoms with Gasteiger partial charge >= 0.3 is 6.18 Å². The van der Waals surface area contributed by atoms with Gasteiger partial charge in [-0.2, -0.15) is 13.2 Å². The standard InChI is InChI=1S/C11H21F3N2/c1-9(3-2-5-11(12,13)14)16-6-4-10(7-15)8-16/h9-10H,2-8,15H2,1H3. The lowest BCUT2D eigenvalue weighted by Gasteiger charge is -2.24. The molecule has 1 fully saturated rings.